The minimum absolute atomic E-state index is 0.0677. The van der Waals surface area contributed by atoms with Gasteiger partial charge in [-0.1, -0.05) is 13.8 Å². The molecule has 0 saturated heterocycles. The molecule has 0 fully saturated rings. The summed E-state index contributed by atoms with van der Waals surface area (Å²) in [5, 5.41) is 2.86. The summed E-state index contributed by atoms with van der Waals surface area (Å²) in [7, 11) is 2.59. The first kappa shape index (κ1) is 15.9. The number of hydrogen-bond acceptors (Lipinski definition) is 6. The van der Waals surface area contributed by atoms with Crippen molar-refractivity contribution in [1.29, 1.82) is 0 Å². The normalized spacial score (nSPS) is 14.2. The molecule has 0 rings (SSSR count). The summed E-state index contributed by atoms with van der Waals surface area (Å²) in [5.74, 6) is -0.589. The number of esters is 2. The lowest BCUT2D eigenvalue weighted by Crippen LogP contribution is -2.51. The van der Waals surface area contributed by atoms with E-state index in [4.69, 9.17) is 5.73 Å². The molecular weight excluding hydrogens is 224 g/mol. The second-order valence-corrected chi connectivity index (χ2v) is 4.18. The Morgan fingerprint density at radius 3 is 1.94 bits per heavy atom. The lowest BCUT2D eigenvalue weighted by molar-refractivity contribution is -0.146. The summed E-state index contributed by atoms with van der Waals surface area (Å²) < 4.78 is 9.27. The van der Waals surface area contributed by atoms with E-state index in [0.717, 1.165) is 0 Å². The summed E-state index contributed by atoms with van der Waals surface area (Å²) in [4.78, 5) is 22.9. The molecule has 0 aromatic carbocycles. The van der Waals surface area contributed by atoms with E-state index in [-0.39, 0.29) is 6.54 Å². The van der Waals surface area contributed by atoms with Gasteiger partial charge in [0.25, 0.3) is 0 Å². The molecule has 0 aliphatic carbocycles. The van der Waals surface area contributed by atoms with E-state index in [1.165, 1.54) is 14.2 Å². The second kappa shape index (κ2) is 8.03. The first-order valence-electron chi connectivity index (χ1n) is 5.58. The van der Waals surface area contributed by atoms with Gasteiger partial charge < -0.3 is 15.2 Å². The fourth-order valence-electron chi connectivity index (χ4n) is 1.46. The molecule has 0 aliphatic heterocycles. The van der Waals surface area contributed by atoms with Crippen molar-refractivity contribution in [2.75, 3.05) is 20.8 Å². The zero-order valence-corrected chi connectivity index (χ0v) is 10.9. The minimum atomic E-state index is -0.692. The third-order valence-electron chi connectivity index (χ3n) is 2.32. The molecule has 3 N–H and O–H groups in total. The second-order valence-electron chi connectivity index (χ2n) is 4.18. The van der Waals surface area contributed by atoms with Crippen LogP contribution in [0, 0.1) is 5.92 Å². The number of methoxy groups -OCH3 is 2. The molecule has 2 atom stereocenters. The predicted molar refractivity (Wildman–Crippen MR) is 63.3 cm³/mol. The predicted octanol–water partition coefficient (Wildman–Crippen LogP) is -0.336. The largest absolute Gasteiger partial charge is 0.468 e. The van der Waals surface area contributed by atoms with Gasteiger partial charge in [0.1, 0.15) is 12.1 Å². The zero-order chi connectivity index (χ0) is 13.4. The molecule has 0 amide bonds. The first-order valence-corrected chi connectivity index (χ1v) is 5.58. The number of carbonyl (C=O) groups is 2. The van der Waals surface area contributed by atoms with E-state index in [2.05, 4.69) is 14.8 Å². The molecule has 17 heavy (non-hydrogen) atoms. The van der Waals surface area contributed by atoms with Gasteiger partial charge in [-0.25, -0.2) is 0 Å². The SMILES string of the molecule is COC(=O)[C@H](CN)N[C@@H](CC(C)C)C(=O)OC. The molecule has 0 spiro atoms. The fourth-order valence-corrected chi connectivity index (χ4v) is 1.46. The van der Waals surface area contributed by atoms with Crippen molar-refractivity contribution in [3.8, 4) is 0 Å². The molecule has 0 bridgehead atoms. The number of hydrogen-bond donors (Lipinski definition) is 2. The van der Waals surface area contributed by atoms with Crippen LogP contribution < -0.4 is 11.1 Å². The Morgan fingerprint density at radius 2 is 1.59 bits per heavy atom. The molecule has 0 unspecified atom stereocenters. The van der Waals surface area contributed by atoms with Crippen LogP contribution in [0.25, 0.3) is 0 Å². The van der Waals surface area contributed by atoms with Crippen LogP contribution in [0.5, 0.6) is 0 Å². The maximum atomic E-state index is 11.5. The van der Waals surface area contributed by atoms with Gasteiger partial charge in [-0.15, -0.1) is 0 Å². The van der Waals surface area contributed by atoms with E-state index in [9.17, 15) is 9.59 Å². The molecule has 6 heteroatoms. The summed E-state index contributed by atoms with van der Waals surface area (Å²) in [6, 6.07) is -1.24. The van der Waals surface area contributed by atoms with E-state index < -0.39 is 24.0 Å². The van der Waals surface area contributed by atoms with Crippen LogP contribution in [0.3, 0.4) is 0 Å². The van der Waals surface area contributed by atoms with E-state index in [0.29, 0.717) is 12.3 Å². The molecule has 0 radical (unpaired) electrons. The first-order chi connectivity index (χ1) is 7.96. The van der Waals surface area contributed by atoms with Crippen LogP contribution in [-0.4, -0.2) is 44.8 Å². The topological polar surface area (TPSA) is 90.6 Å². The van der Waals surface area contributed by atoms with Crippen molar-refractivity contribution in [3.63, 3.8) is 0 Å². The Bertz CT molecular complexity index is 256. The maximum Gasteiger partial charge on any atom is 0.324 e. The highest BCUT2D eigenvalue weighted by Gasteiger charge is 2.27. The Balaban J connectivity index is 4.59. The van der Waals surface area contributed by atoms with E-state index in [1.807, 2.05) is 13.8 Å². The molecule has 6 nitrogen and oxygen atoms in total. The minimum Gasteiger partial charge on any atom is -0.468 e. The highest BCUT2D eigenvalue weighted by atomic mass is 16.5. The number of nitrogens with two attached hydrogens (primary N) is 1. The van der Waals surface area contributed by atoms with Gasteiger partial charge in [0.2, 0.25) is 0 Å². The number of carbonyl (C=O) groups excluding carboxylic acids is 2. The Morgan fingerprint density at radius 1 is 1.12 bits per heavy atom. The van der Waals surface area contributed by atoms with Gasteiger partial charge in [0, 0.05) is 6.54 Å². The van der Waals surface area contributed by atoms with Gasteiger partial charge >= 0.3 is 11.9 Å². The average molecular weight is 246 g/mol. The zero-order valence-electron chi connectivity index (χ0n) is 10.9. The van der Waals surface area contributed by atoms with Crippen LogP contribution >= 0.6 is 0 Å². The standard InChI is InChI=1S/C11H22N2O4/c1-7(2)5-8(10(14)16-3)13-9(6-12)11(15)17-4/h7-9,13H,5-6,12H2,1-4H3/t8-,9-/m0/s1. The van der Waals surface area contributed by atoms with Crippen molar-refractivity contribution in [2.45, 2.75) is 32.4 Å². The summed E-state index contributed by atoms with van der Waals surface area (Å²) in [6.07, 6.45) is 0.570. The monoisotopic (exact) mass is 246 g/mol. The molecular formula is C11H22N2O4. The van der Waals surface area contributed by atoms with Crippen LogP contribution in [0.4, 0.5) is 0 Å². The van der Waals surface area contributed by atoms with Crippen molar-refractivity contribution in [1.82, 2.24) is 5.32 Å². The smallest absolute Gasteiger partial charge is 0.324 e. The van der Waals surface area contributed by atoms with Gasteiger partial charge in [-0.2, -0.15) is 0 Å². The van der Waals surface area contributed by atoms with Gasteiger partial charge in [0.05, 0.1) is 14.2 Å². The molecule has 100 valence electrons. The fraction of sp³-hybridized carbons (Fsp3) is 0.818. The van der Waals surface area contributed by atoms with Gasteiger partial charge in [-0.3, -0.25) is 14.9 Å². The van der Waals surface area contributed by atoms with Crippen LogP contribution in [0.2, 0.25) is 0 Å². The van der Waals surface area contributed by atoms with Gasteiger partial charge in [-0.05, 0) is 12.3 Å². The summed E-state index contributed by atoms with van der Waals surface area (Å²) >= 11 is 0. The van der Waals surface area contributed by atoms with Gasteiger partial charge in [0.15, 0.2) is 0 Å². The number of nitrogens with one attached hydrogen (secondary N) is 1. The molecule has 0 aromatic rings. The number of rotatable bonds is 7. The van der Waals surface area contributed by atoms with Crippen molar-refractivity contribution < 1.29 is 19.1 Å². The van der Waals surface area contributed by atoms with E-state index in [1.54, 1.807) is 0 Å². The molecule has 0 aromatic heterocycles. The molecule has 0 saturated carbocycles. The Kier molecular flexibility index (Phi) is 7.49. The summed E-state index contributed by atoms with van der Waals surface area (Å²) in [5.41, 5.74) is 5.45. The lowest BCUT2D eigenvalue weighted by atomic mass is 10.0. The highest BCUT2D eigenvalue weighted by Crippen LogP contribution is 2.07. The Hall–Kier alpha value is -1.14. The van der Waals surface area contributed by atoms with Crippen molar-refractivity contribution in [3.05, 3.63) is 0 Å². The average Bonchev–Trinajstić information content (AvgIpc) is 2.31. The maximum absolute atomic E-state index is 11.5. The van der Waals surface area contributed by atoms with Crippen LogP contribution in [0.1, 0.15) is 20.3 Å². The van der Waals surface area contributed by atoms with E-state index >= 15 is 0 Å². The molecule has 0 heterocycles. The van der Waals surface area contributed by atoms with Crippen molar-refractivity contribution in [2.24, 2.45) is 11.7 Å². The quantitative estimate of drug-likeness (QED) is 0.597. The van der Waals surface area contributed by atoms with Crippen molar-refractivity contribution >= 4 is 11.9 Å². The molecule has 0 aliphatic rings. The van der Waals surface area contributed by atoms with Crippen LogP contribution in [-0.2, 0) is 19.1 Å². The van der Waals surface area contributed by atoms with Crippen LogP contribution in [0.15, 0.2) is 0 Å². The lowest BCUT2D eigenvalue weighted by Gasteiger charge is -2.22. The highest BCUT2D eigenvalue weighted by molar-refractivity contribution is 5.79. The summed E-state index contributed by atoms with van der Waals surface area (Å²) in [6.45, 7) is 4.03. The third kappa shape index (κ3) is 5.65. The third-order valence-corrected chi connectivity index (χ3v) is 2.32. The number of ether oxygens (including phenoxy) is 2. The Labute approximate surface area is 102 Å².